The lowest BCUT2D eigenvalue weighted by molar-refractivity contribution is -0.117. The maximum absolute atomic E-state index is 14.8. The van der Waals surface area contributed by atoms with Crippen molar-refractivity contribution in [2.24, 2.45) is 0 Å². The number of ketones is 2. The number of amides is 1. The molecule has 0 saturated carbocycles. The number of aliphatic hydroxyl groups excluding tert-OH is 1. The minimum Gasteiger partial charge on any atom is -0.503 e. The molecule has 4 rings (SSSR count). The molecule has 1 N–H and O–H groups in total. The smallest absolute Gasteiger partial charge is 0.296 e. The van der Waals surface area contributed by atoms with Crippen molar-refractivity contribution in [3.05, 3.63) is 99.5 Å². The minimum atomic E-state index is -1.24. The monoisotopic (exact) mass is 462 g/mol. The Morgan fingerprint density at radius 2 is 1.79 bits per heavy atom. The number of hydrogen-bond donors (Lipinski definition) is 1. The second kappa shape index (κ2) is 8.91. The van der Waals surface area contributed by atoms with Crippen LogP contribution in [0.2, 0.25) is 0 Å². The van der Waals surface area contributed by atoms with E-state index in [9.17, 15) is 23.9 Å². The zero-order valence-electron chi connectivity index (χ0n) is 17.8. The average Bonchev–Trinajstić information content (AvgIpc) is 3.30. The van der Waals surface area contributed by atoms with E-state index < -0.39 is 29.3 Å². The van der Waals surface area contributed by atoms with Crippen LogP contribution in [-0.4, -0.2) is 27.6 Å². The third kappa shape index (κ3) is 4.12. The molecule has 3 aromatic rings. The predicted octanol–water partition coefficient (Wildman–Crippen LogP) is 4.98. The molecular formula is C25H19FN2O4S. The number of carbonyl (C=O) groups excluding carboxylic acids is 3. The zero-order chi connectivity index (χ0) is 23.7. The second-order valence-electron chi connectivity index (χ2n) is 7.44. The van der Waals surface area contributed by atoms with Gasteiger partial charge in [0.05, 0.1) is 16.1 Å². The molecule has 1 aliphatic heterocycles. The number of aryl methyl sites for hydroxylation is 1. The van der Waals surface area contributed by atoms with Gasteiger partial charge in [-0.1, -0.05) is 65.9 Å². The van der Waals surface area contributed by atoms with E-state index in [-0.39, 0.29) is 22.1 Å². The molecule has 1 amide bonds. The van der Waals surface area contributed by atoms with Gasteiger partial charge in [-0.05, 0) is 24.6 Å². The van der Waals surface area contributed by atoms with E-state index in [4.69, 9.17) is 0 Å². The molecular weight excluding hydrogens is 443 g/mol. The summed E-state index contributed by atoms with van der Waals surface area (Å²) in [6, 6.07) is 13.5. The largest absolute Gasteiger partial charge is 0.503 e. The first-order valence-corrected chi connectivity index (χ1v) is 10.9. The van der Waals surface area contributed by atoms with E-state index in [1.54, 1.807) is 43.3 Å². The summed E-state index contributed by atoms with van der Waals surface area (Å²) < 4.78 is 14.8. The molecule has 1 aliphatic rings. The van der Waals surface area contributed by atoms with Crippen molar-refractivity contribution in [2.45, 2.75) is 19.9 Å². The first-order valence-electron chi connectivity index (χ1n) is 10.1. The van der Waals surface area contributed by atoms with Crippen LogP contribution in [0.4, 0.5) is 9.52 Å². The molecule has 0 radical (unpaired) electrons. The number of benzene rings is 2. The summed E-state index contributed by atoms with van der Waals surface area (Å²) in [7, 11) is 0. The van der Waals surface area contributed by atoms with Crippen LogP contribution in [0.5, 0.6) is 0 Å². The fourth-order valence-electron chi connectivity index (χ4n) is 3.68. The van der Waals surface area contributed by atoms with Crippen molar-refractivity contribution >= 4 is 40.0 Å². The van der Waals surface area contributed by atoms with E-state index in [0.717, 1.165) is 21.8 Å². The number of aliphatic hydroxyl groups is 1. The zero-order valence-corrected chi connectivity index (χ0v) is 18.6. The molecule has 1 unspecified atom stereocenters. The molecule has 0 fully saturated rings. The maximum Gasteiger partial charge on any atom is 0.296 e. The van der Waals surface area contributed by atoms with Gasteiger partial charge in [-0.25, -0.2) is 9.37 Å². The van der Waals surface area contributed by atoms with Gasteiger partial charge in [0.1, 0.15) is 11.9 Å². The number of allylic oxidation sites excluding steroid dienone is 1. The first-order chi connectivity index (χ1) is 15.8. The molecule has 0 bridgehead atoms. The Kier molecular flexibility index (Phi) is 6.02. The molecule has 166 valence electrons. The number of nitrogens with zero attached hydrogens (tertiary/aromatic N) is 2. The van der Waals surface area contributed by atoms with Crippen molar-refractivity contribution in [3.8, 4) is 0 Å². The molecule has 8 heteroatoms. The fraction of sp³-hybridized carbons (Fsp3) is 0.120. The fourth-order valence-corrected chi connectivity index (χ4v) is 4.67. The lowest BCUT2D eigenvalue weighted by atomic mass is 9.95. The Labute approximate surface area is 193 Å². The Balaban J connectivity index is 1.83. The first kappa shape index (κ1) is 22.3. The highest BCUT2D eigenvalue weighted by molar-refractivity contribution is 7.17. The van der Waals surface area contributed by atoms with Gasteiger partial charge in [0.25, 0.3) is 5.91 Å². The quantitative estimate of drug-likeness (QED) is 0.413. The highest BCUT2D eigenvalue weighted by Crippen LogP contribution is 2.43. The van der Waals surface area contributed by atoms with Gasteiger partial charge in [0.2, 0.25) is 0 Å². The molecule has 33 heavy (non-hydrogen) atoms. The van der Waals surface area contributed by atoms with Crippen LogP contribution >= 0.6 is 11.3 Å². The highest BCUT2D eigenvalue weighted by atomic mass is 32.1. The lowest BCUT2D eigenvalue weighted by Gasteiger charge is -2.24. The predicted molar refractivity (Wildman–Crippen MR) is 124 cm³/mol. The SMILES string of the molecule is CC(=O)c1sc(N2C(=O)C(O)=C(C(=O)C=Cc3ccccc3)C2c2ccccc2F)nc1C. The van der Waals surface area contributed by atoms with Crippen LogP contribution in [0.25, 0.3) is 6.08 Å². The summed E-state index contributed by atoms with van der Waals surface area (Å²) >= 11 is 0.954. The van der Waals surface area contributed by atoms with E-state index in [2.05, 4.69) is 4.98 Å². The molecule has 0 saturated heterocycles. The van der Waals surface area contributed by atoms with Crippen molar-refractivity contribution in [3.63, 3.8) is 0 Å². The molecule has 0 spiro atoms. The van der Waals surface area contributed by atoms with Crippen LogP contribution in [0.3, 0.4) is 0 Å². The summed E-state index contributed by atoms with van der Waals surface area (Å²) in [6.45, 7) is 3.00. The van der Waals surface area contributed by atoms with Gasteiger partial charge < -0.3 is 5.11 Å². The van der Waals surface area contributed by atoms with Gasteiger partial charge >= 0.3 is 0 Å². The molecule has 1 aromatic heterocycles. The van der Waals surface area contributed by atoms with E-state index in [0.29, 0.717) is 10.6 Å². The standard InChI is InChI=1S/C25H19FN2O4S/c1-14-23(15(2)29)33-25(27-14)28-21(17-10-6-7-11-18(17)26)20(22(31)24(28)32)19(30)13-12-16-8-4-3-5-9-16/h3-13,21,31H,1-2H3. The number of thiazole rings is 1. The summed E-state index contributed by atoms with van der Waals surface area (Å²) in [5, 5.41) is 10.8. The third-order valence-corrected chi connectivity index (χ3v) is 6.47. The maximum atomic E-state index is 14.8. The Bertz CT molecular complexity index is 1330. The molecule has 0 aliphatic carbocycles. The summed E-state index contributed by atoms with van der Waals surface area (Å²) in [4.78, 5) is 43.9. The van der Waals surface area contributed by atoms with E-state index >= 15 is 0 Å². The van der Waals surface area contributed by atoms with Gasteiger partial charge in [-0.15, -0.1) is 0 Å². The van der Waals surface area contributed by atoms with Gasteiger partial charge in [-0.2, -0.15) is 0 Å². The second-order valence-corrected chi connectivity index (χ2v) is 8.41. The average molecular weight is 463 g/mol. The number of hydrogen-bond acceptors (Lipinski definition) is 6. The summed E-state index contributed by atoms with van der Waals surface area (Å²) in [6.07, 6.45) is 2.79. The van der Waals surface area contributed by atoms with Crippen LogP contribution in [-0.2, 0) is 9.59 Å². The summed E-state index contributed by atoms with van der Waals surface area (Å²) in [5.41, 5.74) is 0.931. The van der Waals surface area contributed by atoms with Gasteiger partial charge in [0.15, 0.2) is 22.5 Å². The Morgan fingerprint density at radius 1 is 1.12 bits per heavy atom. The van der Waals surface area contributed by atoms with E-state index in [1.165, 1.54) is 31.2 Å². The minimum absolute atomic E-state index is 0.0311. The number of carbonyl (C=O) groups is 3. The Hall–Kier alpha value is -3.91. The third-order valence-electron chi connectivity index (χ3n) is 5.21. The summed E-state index contributed by atoms with van der Waals surface area (Å²) in [5.74, 6) is -3.18. The molecule has 1 atom stereocenters. The Morgan fingerprint density at radius 3 is 2.42 bits per heavy atom. The van der Waals surface area contributed by atoms with E-state index in [1.807, 2.05) is 6.07 Å². The van der Waals surface area contributed by atoms with Crippen LogP contribution in [0, 0.1) is 12.7 Å². The number of aromatic nitrogens is 1. The molecule has 6 nitrogen and oxygen atoms in total. The van der Waals surface area contributed by atoms with Crippen LogP contribution in [0.15, 0.2) is 72.0 Å². The number of halogens is 1. The van der Waals surface area contributed by atoms with Crippen molar-refractivity contribution in [1.29, 1.82) is 0 Å². The van der Waals surface area contributed by atoms with Crippen molar-refractivity contribution < 1.29 is 23.9 Å². The van der Waals surface area contributed by atoms with Crippen molar-refractivity contribution in [2.75, 3.05) is 4.90 Å². The normalized spacial score (nSPS) is 16.2. The molecule has 2 heterocycles. The highest BCUT2D eigenvalue weighted by Gasteiger charge is 2.46. The van der Waals surface area contributed by atoms with Crippen LogP contribution < -0.4 is 4.90 Å². The van der Waals surface area contributed by atoms with Crippen LogP contribution in [0.1, 0.15) is 39.5 Å². The lowest BCUT2D eigenvalue weighted by Crippen LogP contribution is -2.31. The molecule has 2 aromatic carbocycles. The topological polar surface area (TPSA) is 87.6 Å². The van der Waals surface area contributed by atoms with Gasteiger partial charge in [0, 0.05) is 12.5 Å². The van der Waals surface area contributed by atoms with Crippen molar-refractivity contribution in [1.82, 2.24) is 4.98 Å². The number of rotatable bonds is 6. The van der Waals surface area contributed by atoms with Gasteiger partial charge in [-0.3, -0.25) is 19.3 Å². The number of Topliss-reactive ketones (excluding diaryl/α,β-unsaturated/α-hetero) is 1. The number of anilines is 1.